The number of methoxy groups -OCH3 is 1. The van der Waals surface area contributed by atoms with Crippen LogP contribution in [0.15, 0.2) is 12.1 Å². The highest BCUT2D eigenvalue weighted by atomic mass is 19.1. The van der Waals surface area contributed by atoms with Crippen LogP contribution in [0.3, 0.4) is 0 Å². The Balaban J connectivity index is 2.78. The van der Waals surface area contributed by atoms with E-state index in [1.807, 2.05) is 13.8 Å². The molecule has 0 aliphatic carbocycles. The molecule has 1 unspecified atom stereocenters. The van der Waals surface area contributed by atoms with E-state index < -0.39 is 29.5 Å². The average molecular weight is 301 g/mol. The predicted molar refractivity (Wildman–Crippen MR) is 75.0 cm³/mol. The van der Waals surface area contributed by atoms with Crippen LogP contribution in [-0.4, -0.2) is 25.7 Å². The van der Waals surface area contributed by atoms with Crippen LogP contribution in [0.4, 0.5) is 8.78 Å². The lowest BCUT2D eigenvalue weighted by molar-refractivity contribution is -0.148. The fourth-order valence-electron chi connectivity index (χ4n) is 1.72. The Morgan fingerprint density at radius 2 is 1.81 bits per heavy atom. The zero-order chi connectivity index (χ0) is 16.0. The Labute approximate surface area is 123 Å². The molecule has 4 nitrogen and oxygen atoms in total. The first-order valence-corrected chi connectivity index (χ1v) is 6.78. The molecule has 0 bridgehead atoms. The zero-order valence-corrected chi connectivity index (χ0v) is 12.7. The van der Waals surface area contributed by atoms with Gasteiger partial charge in [0.25, 0.3) is 0 Å². The fraction of sp³-hybridized carbons (Fsp3) is 0.533. The smallest absolute Gasteiger partial charge is 0.346 e. The Morgan fingerprint density at radius 1 is 1.24 bits per heavy atom. The van der Waals surface area contributed by atoms with E-state index in [9.17, 15) is 13.6 Å². The normalized spacial score (nSPS) is 12.3. The minimum atomic E-state index is -1.08. The standard InChI is InChI=1S/C15H21F2NO3/c1-9(2)7-18-8-11-5-12(16)14(13(17)6-11)21-10(3)15(19)20-4/h5-6,9-10,18H,7-8H2,1-4H3. The van der Waals surface area contributed by atoms with Crippen molar-refractivity contribution in [3.63, 3.8) is 0 Å². The molecular weight excluding hydrogens is 280 g/mol. The van der Waals surface area contributed by atoms with Crippen molar-refractivity contribution in [3.8, 4) is 5.75 Å². The Kier molecular flexibility index (Phi) is 6.55. The maximum atomic E-state index is 13.9. The van der Waals surface area contributed by atoms with Crippen LogP contribution in [0.25, 0.3) is 0 Å². The molecule has 0 spiro atoms. The van der Waals surface area contributed by atoms with E-state index in [1.54, 1.807) is 0 Å². The minimum absolute atomic E-state index is 0.360. The van der Waals surface area contributed by atoms with Gasteiger partial charge in [0.1, 0.15) is 0 Å². The number of ether oxygens (including phenoxy) is 2. The monoisotopic (exact) mass is 301 g/mol. The number of carbonyl (C=O) groups is 1. The number of hydrogen-bond donors (Lipinski definition) is 1. The summed E-state index contributed by atoms with van der Waals surface area (Å²) >= 11 is 0. The summed E-state index contributed by atoms with van der Waals surface area (Å²) in [6.07, 6.45) is -1.08. The van der Waals surface area contributed by atoms with Gasteiger partial charge in [-0.2, -0.15) is 0 Å². The van der Waals surface area contributed by atoms with Crippen LogP contribution in [0.5, 0.6) is 5.75 Å². The highest BCUT2D eigenvalue weighted by molar-refractivity contribution is 5.74. The topological polar surface area (TPSA) is 47.6 Å². The molecule has 0 amide bonds. The van der Waals surface area contributed by atoms with Crippen molar-refractivity contribution < 1.29 is 23.0 Å². The van der Waals surface area contributed by atoms with Gasteiger partial charge >= 0.3 is 5.97 Å². The van der Waals surface area contributed by atoms with Gasteiger partial charge in [0.05, 0.1) is 7.11 Å². The third-order valence-corrected chi connectivity index (χ3v) is 2.77. The fourth-order valence-corrected chi connectivity index (χ4v) is 1.72. The van der Waals surface area contributed by atoms with Gasteiger partial charge in [-0.1, -0.05) is 13.8 Å². The maximum Gasteiger partial charge on any atom is 0.346 e. The molecule has 1 N–H and O–H groups in total. The van der Waals surface area contributed by atoms with Crippen LogP contribution in [-0.2, 0) is 16.1 Å². The summed E-state index contributed by atoms with van der Waals surface area (Å²) in [6.45, 7) is 6.56. The lowest BCUT2D eigenvalue weighted by atomic mass is 10.1. The lowest BCUT2D eigenvalue weighted by Gasteiger charge is -2.15. The van der Waals surface area contributed by atoms with Crippen LogP contribution < -0.4 is 10.1 Å². The Morgan fingerprint density at radius 3 is 2.29 bits per heavy atom. The van der Waals surface area contributed by atoms with Crippen molar-refractivity contribution in [2.24, 2.45) is 5.92 Å². The quantitative estimate of drug-likeness (QED) is 0.787. The number of halogens is 2. The maximum absolute atomic E-state index is 13.9. The van der Waals surface area contributed by atoms with Gasteiger partial charge in [-0.15, -0.1) is 0 Å². The van der Waals surface area contributed by atoms with Crippen molar-refractivity contribution in [2.45, 2.75) is 33.4 Å². The van der Waals surface area contributed by atoms with Gasteiger partial charge in [0.15, 0.2) is 23.5 Å². The van der Waals surface area contributed by atoms with Gasteiger partial charge in [-0.05, 0) is 37.1 Å². The Bertz CT molecular complexity index is 469. The molecule has 21 heavy (non-hydrogen) atoms. The second kappa shape index (κ2) is 7.93. The molecule has 0 aromatic heterocycles. The molecular formula is C15H21F2NO3. The molecule has 0 saturated carbocycles. The van der Waals surface area contributed by atoms with Gasteiger partial charge in [-0.25, -0.2) is 13.6 Å². The van der Waals surface area contributed by atoms with E-state index in [4.69, 9.17) is 4.74 Å². The number of nitrogens with one attached hydrogen (secondary N) is 1. The van der Waals surface area contributed by atoms with E-state index in [-0.39, 0.29) is 0 Å². The van der Waals surface area contributed by atoms with Gasteiger partial charge < -0.3 is 14.8 Å². The zero-order valence-electron chi connectivity index (χ0n) is 12.7. The summed E-state index contributed by atoms with van der Waals surface area (Å²) in [4.78, 5) is 11.2. The second-order valence-corrected chi connectivity index (χ2v) is 5.20. The molecule has 0 saturated heterocycles. The highest BCUT2D eigenvalue weighted by Gasteiger charge is 2.20. The van der Waals surface area contributed by atoms with Gasteiger partial charge in [-0.3, -0.25) is 0 Å². The van der Waals surface area contributed by atoms with E-state index in [1.165, 1.54) is 26.2 Å². The third-order valence-electron chi connectivity index (χ3n) is 2.77. The number of carbonyl (C=O) groups excluding carboxylic acids is 1. The largest absolute Gasteiger partial charge is 0.473 e. The number of rotatable bonds is 7. The molecule has 0 aliphatic rings. The molecule has 0 radical (unpaired) electrons. The molecule has 0 fully saturated rings. The van der Waals surface area contributed by atoms with Crippen molar-refractivity contribution in [3.05, 3.63) is 29.3 Å². The first kappa shape index (κ1) is 17.4. The first-order chi connectivity index (χ1) is 9.85. The molecule has 0 heterocycles. The van der Waals surface area contributed by atoms with E-state index in [2.05, 4.69) is 10.1 Å². The highest BCUT2D eigenvalue weighted by Crippen LogP contribution is 2.24. The van der Waals surface area contributed by atoms with E-state index >= 15 is 0 Å². The number of hydrogen-bond acceptors (Lipinski definition) is 4. The molecule has 0 aliphatic heterocycles. The second-order valence-electron chi connectivity index (χ2n) is 5.20. The van der Waals surface area contributed by atoms with Crippen LogP contribution in [0.2, 0.25) is 0 Å². The van der Waals surface area contributed by atoms with E-state index in [0.29, 0.717) is 18.0 Å². The SMILES string of the molecule is COC(=O)C(C)Oc1c(F)cc(CNCC(C)C)cc1F. The summed E-state index contributed by atoms with van der Waals surface area (Å²) in [5.41, 5.74) is 0.476. The third kappa shape index (κ3) is 5.30. The predicted octanol–water partition coefficient (Wildman–Crippen LogP) is 2.65. The molecule has 1 aromatic rings. The Hall–Kier alpha value is -1.69. The van der Waals surface area contributed by atoms with Gasteiger partial charge in [0.2, 0.25) is 0 Å². The average Bonchev–Trinajstić information content (AvgIpc) is 2.41. The van der Waals surface area contributed by atoms with Crippen LogP contribution >= 0.6 is 0 Å². The minimum Gasteiger partial charge on any atom is -0.473 e. The number of esters is 1. The molecule has 118 valence electrons. The molecule has 1 aromatic carbocycles. The molecule has 1 atom stereocenters. The van der Waals surface area contributed by atoms with Crippen LogP contribution in [0, 0.1) is 17.6 Å². The van der Waals surface area contributed by atoms with Crippen molar-refractivity contribution >= 4 is 5.97 Å². The van der Waals surface area contributed by atoms with Crippen LogP contribution in [0.1, 0.15) is 26.3 Å². The summed E-state index contributed by atoms with van der Waals surface area (Å²) in [6, 6.07) is 2.38. The molecule has 1 rings (SSSR count). The van der Waals surface area contributed by atoms with Crippen molar-refractivity contribution in [2.75, 3.05) is 13.7 Å². The lowest BCUT2D eigenvalue weighted by Crippen LogP contribution is -2.26. The van der Waals surface area contributed by atoms with Crippen molar-refractivity contribution in [1.29, 1.82) is 0 Å². The molecule has 6 heteroatoms. The summed E-state index contributed by atoms with van der Waals surface area (Å²) in [5.74, 6) is -2.50. The first-order valence-electron chi connectivity index (χ1n) is 6.78. The summed E-state index contributed by atoms with van der Waals surface area (Å²) < 4.78 is 37.2. The summed E-state index contributed by atoms with van der Waals surface area (Å²) in [7, 11) is 1.18. The number of benzene rings is 1. The van der Waals surface area contributed by atoms with E-state index in [0.717, 1.165) is 6.54 Å². The van der Waals surface area contributed by atoms with Crippen molar-refractivity contribution in [1.82, 2.24) is 5.32 Å². The summed E-state index contributed by atoms with van der Waals surface area (Å²) in [5, 5.41) is 3.09. The van der Waals surface area contributed by atoms with Gasteiger partial charge in [0, 0.05) is 6.54 Å².